The lowest BCUT2D eigenvalue weighted by Crippen LogP contribution is -2.08. The van der Waals surface area contributed by atoms with Gasteiger partial charge >= 0.3 is 11.9 Å². The van der Waals surface area contributed by atoms with Crippen molar-refractivity contribution in [1.82, 2.24) is 4.57 Å². The van der Waals surface area contributed by atoms with Crippen LogP contribution in [0, 0.1) is 10.1 Å². The summed E-state index contributed by atoms with van der Waals surface area (Å²) in [7, 11) is 1.80. The molecule has 3 aromatic rings. The molecule has 0 amide bonds. The largest absolute Gasteiger partial charge is 0.462 e. The highest BCUT2D eigenvalue weighted by atomic mass is 79.9. The Kier molecular flexibility index (Phi) is 7.01. The molecule has 10 heteroatoms. The first-order valence-electron chi connectivity index (χ1n) is 9.27. The molecule has 0 radical (unpaired) electrons. The summed E-state index contributed by atoms with van der Waals surface area (Å²) in [5.74, 6) is -0.415. The van der Waals surface area contributed by atoms with Crippen molar-refractivity contribution in [3.8, 4) is 5.75 Å². The number of halogens is 1. The number of benzene rings is 2. The summed E-state index contributed by atoms with van der Waals surface area (Å²) in [6.07, 6.45) is 0. The lowest BCUT2D eigenvalue weighted by molar-refractivity contribution is -0.387. The number of thioether (sulfide) groups is 1. The molecule has 0 saturated heterocycles. The summed E-state index contributed by atoms with van der Waals surface area (Å²) in [5, 5.41) is 11.9. The van der Waals surface area contributed by atoms with Crippen LogP contribution in [-0.4, -0.2) is 28.0 Å². The van der Waals surface area contributed by atoms with E-state index in [9.17, 15) is 19.7 Å². The molecule has 8 nitrogen and oxygen atoms in total. The second-order valence-electron chi connectivity index (χ2n) is 6.51. The smallest absolute Gasteiger partial charge is 0.340 e. The van der Waals surface area contributed by atoms with Crippen LogP contribution < -0.4 is 4.74 Å². The van der Waals surface area contributed by atoms with Gasteiger partial charge < -0.3 is 14.0 Å². The van der Waals surface area contributed by atoms with E-state index in [0.717, 1.165) is 5.52 Å². The molecule has 31 heavy (non-hydrogen) atoms. The van der Waals surface area contributed by atoms with E-state index in [4.69, 9.17) is 9.47 Å². The number of fused-ring (bicyclic) bond motifs is 1. The average Bonchev–Trinajstić information content (AvgIpc) is 2.97. The van der Waals surface area contributed by atoms with E-state index in [0.29, 0.717) is 31.8 Å². The quantitative estimate of drug-likeness (QED) is 0.142. The second kappa shape index (κ2) is 9.52. The molecule has 0 aliphatic heterocycles. The van der Waals surface area contributed by atoms with Gasteiger partial charge in [0, 0.05) is 36.9 Å². The third-order valence-electron chi connectivity index (χ3n) is 4.53. The molecule has 3 rings (SSSR count). The van der Waals surface area contributed by atoms with Gasteiger partial charge in [-0.05, 0) is 41.1 Å². The molecule has 1 heterocycles. The number of para-hydroxylation sites is 1. The number of aromatic nitrogens is 1. The fraction of sp³-hybridized carbons (Fsp3) is 0.238. The van der Waals surface area contributed by atoms with Gasteiger partial charge in [-0.1, -0.05) is 12.1 Å². The minimum atomic E-state index is -0.512. The summed E-state index contributed by atoms with van der Waals surface area (Å²) < 4.78 is 12.9. The van der Waals surface area contributed by atoms with Gasteiger partial charge in [0.05, 0.1) is 32.0 Å². The molecule has 0 spiro atoms. The molecule has 0 N–H and O–H groups in total. The fourth-order valence-corrected chi connectivity index (χ4v) is 4.71. The van der Waals surface area contributed by atoms with E-state index in [1.807, 2.05) is 4.57 Å². The predicted molar refractivity (Wildman–Crippen MR) is 121 cm³/mol. The summed E-state index contributed by atoms with van der Waals surface area (Å²) in [5.41, 5.74) is 1.71. The number of hydrogen-bond donors (Lipinski definition) is 0. The van der Waals surface area contributed by atoms with Crippen molar-refractivity contribution in [3.63, 3.8) is 0 Å². The highest BCUT2D eigenvalue weighted by molar-refractivity contribution is 9.10. The monoisotopic (exact) mass is 506 g/mol. The number of aryl methyl sites for hydroxylation is 1. The second-order valence-corrected chi connectivity index (χ2v) is 8.38. The Morgan fingerprint density at radius 3 is 2.61 bits per heavy atom. The van der Waals surface area contributed by atoms with Crippen LogP contribution in [0.1, 0.15) is 29.9 Å². The van der Waals surface area contributed by atoms with Gasteiger partial charge in [-0.2, -0.15) is 0 Å². The van der Waals surface area contributed by atoms with Crippen molar-refractivity contribution in [2.75, 3.05) is 6.61 Å². The Bertz CT molecular complexity index is 1190. The Morgan fingerprint density at radius 2 is 1.97 bits per heavy atom. The molecule has 162 valence electrons. The summed E-state index contributed by atoms with van der Waals surface area (Å²) >= 11 is 4.66. The van der Waals surface area contributed by atoms with E-state index < -0.39 is 16.9 Å². The van der Waals surface area contributed by atoms with Crippen LogP contribution >= 0.6 is 27.7 Å². The molecule has 0 aliphatic carbocycles. The van der Waals surface area contributed by atoms with Gasteiger partial charge in [-0.25, -0.2) is 4.79 Å². The van der Waals surface area contributed by atoms with E-state index >= 15 is 0 Å². The summed E-state index contributed by atoms with van der Waals surface area (Å²) in [6.45, 7) is 3.20. The molecular formula is C21H19BrN2O6S. The van der Waals surface area contributed by atoms with Crippen LogP contribution in [0.2, 0.25) is 0 Å². The van der Waals surface area contributed by atoms with Crippen molar-refractivity contribution in [1.29, 1.82) is 0 Å². The molecule has 0 atom stereocenters. The van der Waals surface area contributed by atoms with Crippen molar-refractivity contribution in [3.05, 3.63) is 62.2 Å². The fourth-order valence-electron chi connectivity index (χ4n) is 3.20. The number of nitro groups is 1. The summed E-state index contributed by atoms with van der Waals surface area (Å²) in [6, 6.07) is 9.83. The SMILES string of the molecule is CCOC(=O)c1c(CSc2ccccc2[N+](=O)[O-])n(C)c2cc(Br)c(OC(C)=O)cc12. The van der Waals surface area contributed by atoms with Crippen molar-refractivity contribution < 1.29 is 24.0 Å². The van der Waals surface area contributed by atoms with Crippen LogP contribution in [0.3, 0.4) is 0 Å². The molecule has 2 aromatic carbocycles. The van der Waals surface area contributed by atoms with E-state index in [2.05, 4.69) is 15.9 Å². The van der Waals surface area contributed by atoms with Crippen LogP contribution in [-0.2, 0) is 22.3 Å². The molecule has 0 unspecified atom stereocenters. The summed E-state index contributed by atoms with van der Waals surface area (Å²) in [4.78, 5) is 35.7. The first-order valence-corrected chi connectivity index (χ1v) is 11.0. The van der Waals surface area contributed by atoms with Crippen LogP contribution in [0.15, 0.2) is 45.8 Å². The number of carbonyl (C=O) groups is 2. The third kappa shape index (κ3) is 4.75. The van der Waals surface area contributed by atoms with Gasteiger partial charge in [0.1, 0.15) is 5.75 Å². The third-order valence-corrected chi connectivity index (χ3v) is 6.23. The molecule has 1 aromatic heterocycles. The van der Waals surface area contributed by atoms with Gasteiger partial charge in [-0.15, -0.1) is 11.8 Å². The number of nitro benzene ring substituents is 1. The zero-order valence-corrected chi connectivity index (χ0v) is 19.4. The highest BCUT2D eigenvalue weighted by Crippen LogP contribution is 2.38. The topological polar surface area (TPSA) is 101 Å². The highest BCUT2D eigenvalue weighted by Gasteiger charge is 2.25. The lowest BCUT2D eigenvalue weighted by Gasteiger charge is -2.08. The Morgan fingerprint density at radius 1 is 1.26 bits per heavy atom. The van der Waals surface area contributed by atoms with E-state index in [-0.39, 0.29) is 18.0 Å². The molecular weight excluding hydrogens is 488 g/mol. The number of hydrogen-bond acceptors (Lipinski definition) is 7. The number of rotatable bonds is 7. The first kappa shape index (κ1) is 22.8. The van der Waals surface area contributed by atoms with Crippen molar-refractivity contribution in [2.45, 2.75) is 24.5 Å². The Hall–Kier alpha value is -2.85. The van der Waals surface area contributed by atoms with Gasteiger partial charge in [0.2, 0.25) is 0 Å². The first-order chi connectivity index (χ1) is 14.7. The van der Waals surface area contributed by atoms with Crippen molar-refractivity contribution in [2.24, 2.45) is 7.05 Å². The maximum atomic E-state index is 12.8. The normalized spacial score (nSPS) is 10.8. The van der Waals surface area contributed by atoms with Crippen LogP contribution in [0.5, 0.6) is 5.75 Å². The van der Waals surface area contributed by atoms with Crippen LogP contribution in [0.25, 0.3) is 10.9 Å². The lowest BCUT2D eigenvalue weighted by atomic mass is 10.1. The van der Waals surface area contributed by atoms with Crippen molar-refractivity contribution >= 4 is 56.2 Å². The Balaban J connectivity index is 2.12. The Labute approximate surface area is 190 Å². The number of esters is 2. The van der Waals surface area contributed by atoms with Gasteiger partial charge in [-0.3, -0.25) is 14.9 Å². The molecule has 0 saturated carbocycles. The maximum Gasteiger partial charge on any atom is 0.340 e. The molecule has 0 aliphatic rings. The van der Waals surface area contributed by atoms with Gasteiger partial charge in [0.25, 0.3) is 5.69 Å². The molecule has 0 fully saturated rings. The van der Waals surface area contributed by atoms with E-state index in [1.54, 1.807) is 44.3 Å². The number of ether oxygens (including phenoxy) is 2. The predicted octanol–water partition coefficient (Wildman–Crippen LogP) is 5.24. The number of carbonyl (C=O) groups excluding carboxylic acids is 2. The molecule has 0 bridgehead atoms. The van der Waals surface area contributed by atoms with E-state index in [1.165, 1.54) is 24.8 Å². The zero-order valence-electron chi connectivity index (χ0n) is 17.0. The minimum Gasteiger partial charge on any atom is -0.462 e. The number of nitrogens with zero attached hydrogens (tertiary/aromatic N) is 2. The standard InChI is InChI=1S/C21H19BrN2O6S/c1-4-29-21(26)20-13-9-18(30-12(2)25)14(22)10-16(13)23(3)17(20)11-31-19-8-6-5-7-15(19)24(27)28/h5-10H,4,11H2,1-3H3. The zero-order chi connectivity index (χ0) is 22.7. The van der Waals surface area contributed by atoms with Crippen LogP contribution in [0.4, 0.5) is 5.69 Å². The maximum absolute atomic E-state index is 12.8. The minimum absolute atomic E-state index is 0.00355. The van der Waals surface area contributed by atoms with Gasteiger partial charge in [0.15, 0.2) is 0 Å². The average molecular weight is 507 g/mol.